The smallest absolute Gasteiger partial charge is 0.303 e. The van der Waals surface area contributed by atoms with E-state index in [9.17, 15) is 19.2 Å². The van der Waals surface area contributed by atoms with Crippen molar-refractivity contribution in [2.24, 2.45) is 0 Å². The van der Waals surface area contributed by atoms with E-state index in [1.807, 2.05) is 0 Å². The second kappa shape index (κ2) is 13.8. The molecule has 0 spiro atoms. The highest BCUT2D eigenvalue weighted by Gasteiger charge is 2.26. The number of nitrogens with one attached hydrogen (secondary N) is 3. The Kier molecular flexibility index (Phi) is 10.8. The Labute approximate surface area is 208 Å². The Bertz CT molecular complexity index is 1030. The number of anilines is 1. The Hall–Kier alpha value is -3.79. The van der Waals surface area contributed by atoms with Crippen LogP contribution in [0.4, 0.5) is 5.69 Å². The fourth-order valence-electron chi connectivity index (χ4n) is 3.07. The van der Waals surface area contributed by atoms with Crippen molar-refractivity contribution < 1.29 is 29.0 Å². The number of amides is 3. The average molecular weight is 505 g/mol. The third-order valence-corrected chi connectivity index (χ3v) is 4.88. The summed E-state index contributed by atoms with van der Waals surface area (Å²) < 4.78 is 5.51. The molecule has 0 aliphatic carbocycles. The van der Waals surface area contributed by atoms with Crippen molar-refractivity contribution in [2.45, 2.75) is 39.3 Å². The van der Waals surface area contributed by atoms with Gasteiger partial charge in [0.05, 0.1) is 13.0 Å². The largest absolute Gasteiger partial charge is 0.494 e. The van der Waals surface area contributed by atoms with E-state index >= 15 is 0 Å². The summed E-state index contributed by atoms with van der Waals surface area (Å²) in [6.45, 7) is 3.41. The van der Waals surface area contributed by atoms with Gasteiger partial charge in [0.25, 0.3) is 5.91 Å². The normalized spacial score (nSPS) is 11.2. The number of carbonyl (C=O) groups excluding carboxylic acids is 3. The van der Waals surface area contributed by atoms with Crippen molar-refractivity contribution >= 4 is 41.0 Å². The van der Waals surface area contributed by atoms with Gasteiger partial charge in [-0.3, -0.25) is 29.6 Å². The first-order valence-corrected chi connectivity index (χ1v) is 11.4. The maximum absolute atomic E-state index is 13.1. The molecular weight excluding hydrogens is 476 g/mol. The number of halogens is 1. The standard InChI is InChI=1S/C24H29ClN4O6/c1-3-29(28-16(2)30)24(34)23(27-21(31)15-17-6-4-7-18(25)14-17)26-19-9-11-20(12-10-19)35-13-5-8-22(32)33/h4,6-7,9-12,14,23,26H,3,5,8,13,15H2,1-2H3,(H,27,31)(H,28,30)(H,32,33). The van der Waals surface area contributed by atoms with E-state index in [4.69, 9.17) is 21.4 Å². The quantitative estimate of drug-likeness (QED) is 0.198. The first-order chi connectivity index (χ1) is 16.7. The van der Waals surface area contributed by atoms with Crippen LogP contribution in [0.25, 0.3) is 0 Å². The first kappa shape index (κ1) is 27.5. The Morgan fingerprint density at radius 3 is 2.43 bits per heavy atom. The molecule has 0 aliphatic rings. The van der Waals surface area contributed by atoms with Gasteiger partial charge < -0.3 is 20.5 Å². The molecule has 0 aromatic heterocycles. The van der Waals surface area contributed by atoms with E-state index in [-0.39, 0.29) is 26.0 Å². The summed E-state index contributed by atoms with van der Waals surface area (Å²) >= 11 is 5.99. The number of rotatable bonds is 12. The van der Waals surface area contributed by atoms with Crippen LogP contribution in [0.15, 0.2) is 48.5 Å². The van der Waals surface area contributed by atoms with Crippen molar-refractivity contribution in [3.63, 3.8) is 0 Å². The zero-order valence-electron chi connectivity index (χ0n) is 19.5. The third-order valence-electron chi connectivity index (χ3n) is 4.65. The van der Waals surface area contributed by atoms with Gasteiger partial charge in [-0.2, -0.15) is 0 Å². The molecular formula is C24H29ClN4O6. The lowest BCUT2D eigenvalue weighted by Crippen LogP contribution is -2.57. The van der Waals surface area contributed by atoms with Gasteiger partial charge >= 0.3 is 5.97 Å². The molecule has 1 unspecified atom stereocenters. The summed E-state index contributed by atoms with van der Waals surface area (Å²) in [5, 5.41) is 15.9. The molecule has 3 amide bonds. The summed E-state index contributed by atoms with van der Waals surface area (Å²) in [6, 6.07) is 13.5. The van der Waals surface area contributed by atoms with Crippen LogP contribution in [0, 0.1) is 0 Å². The molecule has 188 valence electrons. The summed E-state index contributed by atoms with van der Waals surface area (Å²) in [4.78, 5) is 47.9. The van der Waals surface area contributed by atoms with E-state index in [1.54, 1.807) is 55.5 Å². The van der Waals surface area contributed by atoms with Gasteiger partial charge in [-0.25, -0.2) is 0 Å². The second-order valence-electron chi connectivity index (χ2n) is 7.57. The van der Waals surface area contributed by atoms with Crippen molar-refractivity contribution in [3.05, 3.63) is 59.1 Å². The molecule has 0 saturated heterocycles. The van der Waals surface area contributed by atoms with E-state index in [1.165, 1.54) is 6.92 Å². The van der Waals surface area contributed by atoms with Gasteiger partial charge in [0.2, 0.25) is 11.8 Å². The van der Waals surface area contributed by atoms with Crippen LogP contribution in [0.5, 0.6) is 5.75 Å². The molecule has 2 rings (SSSR count). The average Bonchev–Trinajstić information content (AvgIpc) is 2.80. The number of nitrogens with zero attached hydrogens (tertiary/aromatic N) is 1. The number of carboxylic acids is 1. The lowest BCUT2D eigenvalue weighted by atomic mass is 10.1. The molecule has 11 heteroatoms. The highest BCUT2D eigenvalue weighted by Crippen LogP contribution is 2.17. The lowest BCUT2D eigenvalue weighted by molar-refractivity contribution is -0.142. The monoisotopic (exact) mass is 504 g/mol. The Balaban J connectivity index is 2.10. The molecule has 0 fully saturated rings. The SMILES string of the molecule is CCN(NC(C)=O)C(=O)C(NC(=O)Cc1cccc(Cl)c1)Nc1ccc(OCCCC(=O)O)cc1. The number of likely N-dealkylation sites (N-methyl/N-ethyl adjacent to an activating group) is 1. The van der Waals surface area contributed by atoms with Crippen molar-refractivity contribution in [3.8, 4) is 5.75 Å². The summed E-state index contributed by atoms with van der Waals surface area (Å²) in [6.07, 6.45) is -0.779. The number of aliphatic carboxylic acids is 1. The topological polar surface area (TPSA) is 137 Å². The van der Waals surface area contributed by atoms with Crippen LogP contribution in [0.3, 0.4) is 0 Å². The summed E-state index contributed by atoms with van der Waals surface area (Å²) in [7, 11) is 0. The number of hydrazine groups is 1. The predicted molar refractivity (Wildman–Crippen MR) is 131 cm³/mol. The number of carboxylic acid groups (broad SMARTS) is 1. The Morgan fingerprint density at radius 2 is 1.83 bits per heavy atom. The minimum absolute atomic E-state index is 0.00139. The first-order valence-electron chi connectivity index (χ1n) is 11.0. The number of hydrogen-bond acceptors (Lipinski definition) is 6. The highest BCUT2D eigenvalue weighted by molar-refractivity contribution is 6.30. The zero-order valence-corrected chi connectivity index (χ0v) is 20.3. The van der Waals surface area contributed by atoms with Gasteiger partial charge in [0.15, 0.2) is 6.17 Å². The van der Waals surface area contributed by atoms with E-state index < -0.39 is 29.9 Å². The molecule has 4 N–H and O–H groups in total. The third kappa shape index (κ3) is 9.93. The van der Waals surface area contributed by atoms with Gasteiger partial charge in [-0.15, -0.1) is 0 Å². The minimum Gasteiger partial charge on any atom is -0.494 e. The molecule has 2 aromatic rings. The molecule has 10 nitrogen and oxygen atoms in total. The van der Waals surface area contributed by atoms with E-state index in [2.05, 4.69) is 16.1 Å². The van der Waals surface area contributed by atoms with Gasteiger partial charge in [-0.1, -0.05) is 23.7 Å². The summed E-state index contributed by atoms with van der Waals surface area (Å²) in [5.74, 6) is -1.76. The minimum atomic E-state index is -1.17. The van der Waals surface area contributed by atoms with Crippen LogP contribution in [-0.2, 0) is 25.6 Å². The van der Waals surface area contributed by atoms with Crippen LogP contribution in [0.1, 0.15) is 32.3 Å². The van der Waals surface area contributed by atoms with Gasteiger partial charge in [-0.05, 0) is 55.3 Å². The number of hydrogen-bond donors (Lipinski definition) is 4. The number of carbonyl (C=O) groups is 4. The maximum Gasteiger partial charge on any atom is 0.303 e. The number of ether oxygens (including phenoxy) is 1. The molecule has 0 saturated carbocycles. The Morgan fingerprint density at radius 1 is 1.11 bits per heavy atom. The van der Waals surface area contributed by atoms with Crippen LogP contribution < -0.4 is 20.8 Å². The van der Waals surface area contributed by atoms with Crippen LogP contribution >= 0.6 is 11.6 Å². The fraction of sp³-hybridized carbons (Fsp3) is 0.333. The highest BCUT2D eigenvalue weighted by atomic mass is 35.5. The summed E-state index contributed by atoms with van der Waals surface area (Å²) in [5.41, 5.74) is 3.64. The zero-order chi connectivity index (χ0) is 25.8. The molecule has 2 aromatic carbocycles. The molecule has 0 bridgehead atoms. The number of benzene rings is 2. The second-order valence-corrected chi connectivity index (χ2v) is 8.01. The molecule has 1 atom stereocenters. The molecule has 0 heterocycles. The molecule has 0 aliphatic heterocycles. The van der Waals surface area contributed by atoms with Crippen LogP contribution in [-0.4, -0.2) is 53.1 Å². The molecule has 0 radical (unpaired) electrons. The molecule has 35 heavy (non-hydrogen) atoms. The van der Waals surface area contributed by atoms with E-state index in [0.717, 1.165) is 5.01 Å². The lowest BCUT2D eigenvalue weighted by Gasteiger charge is -2.28. The predicted octanol–water partition coefficient (Wildman–Crippen LogP) is 2.58. The van der Waals surface area contributed by atoms with Crippen molar-refractivity contribution in [2.75, 3.05) is 18.5 Å². The van der Waals surface area contributed by atoms with E-state index in [0.29, 0.717) is 28.4 Å². The van der Waals surface area contributed by atoms with Gasteiger partial charge in [0, 0.05) is 30.6 Å². The van der Waals surface area contributed by atoms with Crippen molar-refractivity contribution in [1.29, 1.82) is 0 Å². The van der Waals surface area contributed by atoms with Crippen LogP contribution in [0.2, 0.25) is 5.02 Å². The fourth-order valence-corrected chi connectivity index (χ4v) is 3.28. The van der Waals surface area contributed by atoms with Crippen molar-refractivity contribution in [1.82, 2.24) is 15.8 Å². The maximum atomic E-state index is 13.1. The van der Waals surface area contributed by atoms with Gasteiger partial charge in [0.1, 0.15) is 5.75 Å².